The third kappa shape index (κ3) is 2.50. The first-order valence-corrected chi connectivity index (χ1v) is 8.04. The van der Waals surface area contributed by atoms with Crippen molar-refractivity contribution in [3.63, 3.8) is 0 Å². The van der Waals surface area contributed by atoms with Gasteiger partial charge in [-0.2, -0.15) is 0 Å². The highest BCUT2D eigenvalue weighted by molar-refractivity contribution is 7.19. The van der Waals surface area contributed by atoms with E-state index in [0.29, 0.717) is 12.5 Å². The number of ether oxygens (including phenoxy) is 2. The van der Waals surface area contributed by atoms with Gasteiger partial charge in [0.2, 0.25) is 0 Å². The van der Waals surface area contributed by atoms with Crippen molar-refractivity contribution < 1.29 is 9.47 Å². The normalized spacial score (nSPS) is 14.8. The molecule has 0 fully saturated rings. The largest absolute Gasteiger partial charge is 0.490 e. The Bertz CT molecular complexity index is 618. The second-order valence-corrected chi connectivity index (χ2v) is 6.79. The van der Waals surface area contributed by atoms with Gasteiger partial charge in [0.1, 0.15) is 0 Å². The number of fused-ring (bicyclic) bond motifs is 2. The molecule has 0 amide bonds. The van der Waals surface area contributed by atoms with Crippen molar-refractivity contribution in [1.29, 1.82) is 0 Å². The molecule has 0 unspecified atom stereocenters. The molecule has 0 saturated heterocycles. The van der Waals surface area contributed by atoms with Gasteiger partial charge in [0.05, 0.1) is 13.2 Å². The summed E-state index contributed by atoms with van der Waals surface area (Å²) < 4.78 is 12.8. The lowest BCUT2D eigenvalue weighted by molar-refractivity contribution is 0.297. The zero-order chi connectivity index (χ0) is 14.1. The van der Waals surface area contributed by atoms with Crippen LogP contribution in [-0.4, -0.2) is 13.2 Å². The quantitative estimate of drug-likeness (QED) is 0.937. The fourth-order valence-corrected chi connectivity index (χ4v) is 3.78. The zero-order valence-electron chi connectivity index (χ0n) is 12.1. The van der Waals surface area contributed by atoms with Crippen LogP contribution in [0, 0.1) is 5.92 Å². The lowest BCUT2D eigenvalue weighted by Gasteiger charge is -2.09. The molecule has 4 heteroatoms. The summed E-state index contributed by atoms with van der Waals surface area (Å²) in [6.45, 7) is 6.55. The summed E-state index contributed by atoms with van der Waals surface area (Å²) in [4.78, 5) is 1.29. The average molecular weight is 291 g/mol. The number of nitrogens with two attached hydrogens (primary N) is 1. The van der Waals surface area contributed by atoms with Crippen molar-refractivity contribution in [2.24, 2.45) is 11.7 Å². The number of thiophene rings is 1. The topological polar surface area (TPSA) is 44.5 Å². The summed E-state index contributed by atoms with van der Waals surface area (Å²) in [5, 5.41) is 1.29. The second kappa shape index (κ2) is 5.62. The third-order valence-corrected chi connectivity index (χ3v) is 4.76. The van der Waals surface area contributed by atoms with Crippen LogP contribution in [0.4, 0.5) is 0 Å². The SMILES string of the molecule is CC(C)Cc1c(CN)sc2cc3c(cc12)OCCCO3. The summed E-state index contributed by atoms with van der Waals surface area (Å²) in [6.07, 6.45) is 2.00. The molecule has 1 aliphatic heterocycles. The van der Waals surface area contributed by atoms with Gasteiger partial charge in [-0.25, -0.2) is 0 Å². The fraction of sp³-hybridized carbons (Fsp3) is 0.500. The minimum absolute atomic E-state index is 0.605. The molecule has 2 N–H and O–H groups in total. The Balaban J connectivity index is 2.14. The molecular weight excluding hydrogens is 270 g/mol. The van der Waals surface area contributed by atoms with Gasteiger partial charge < -0.3 is 15.2 Å². The van der Waals surface area contributed by atoms with Crippen molar-refractivity contribution in [3.05, 3.63) is 22.6 Å². The highest BCUT2D eigenvalue weighted by Gasteiger charge is 2.18. The predicted octanol–water partition coefficient (Wildman–Crippen LogP) is 3.72. The molecule has 0 atom stereocenters. The molecule has 1 aliphatic rings. The summed E-state index contributed by atoms with van der Waals surface area (Å²) in [5.74, 6) is 2.37. The number of benzene rings is 1. The van der Waals surface area contributed by atoms with E-state index in [2.05, 4.69) is 26.0 Å². The van der Waals surface area contributed by atoms with Crippen LogP contribution in [0.15, 0.2) is 12.1 Å². The molecule has 3 rings (SSSR count). The smallest absolute Gasteiger partial charge is 0.162 e. The molecule has 20 heavy (non-hydrogen) atoms. The Morgan fingerprint density at radius 2 is 1.90 bits per heavy atom. The van der Waals surface area contributed by atoms with Crippen LogP contribution in [0.1, 0.15) is 30.7 Å². The molecule has 2 heterocycles. The van der Waals surface area contributed by atoms with Crippen molar-refractivity contribution in [3.8, 4) is 11.5 Å². The van der Waals surface area contributed by atoms with Crippen molar-refractivity contribution in [2.75, 3.05) is 13.2 Å². The molecule has 1 aromatic carbocycles. The van der Waals surface area contributed by atoms with E-state index in [9.17, 15) is 0 Å². The first-order chi connectivity index (χ1) is 9.69. The Hall–Kier alpha value is -1.26. The van der Waals surface area contributed by atoms with Gasteiger partial charge in [-0.05, 0) is 29.4 Å². The lowest BCUT2D eigenvalue weighted by Crippen LogP contribution is -2.01. The van der Waals surface area contributed by atoms with Crippen LogP contribution in [0.2, 0.25) is 0 Å². The Labute approximate surface area is 123 Å². The summed E-state index contributed by atoms with van der Waals surface area (Å²) >= 11 is 1.78. The Kier molecular flexibility index (Phi) is 3.85. The molecule has 0 aliphatic carbocycles. The Morgan fingerprint density at radius 1 is 1.20 bits per heavy atom. The van der Waals surface area contributed by atoms with Gasteiger partial charge in [0, 0.05) is 28.6 Å². The van der Waals surface area contributed by atoms with Crippen LogP contribution in [0.3, 0.4) is 0 Å². The maximum absolute atomic E-state index is 5.92. The first-order valence-electron chi connectivity index (χ1n) is 7.23. The molecule has 0 saturated carbocycles. The van der Waals surface area contributed by atoms with Crippen molar-refractivity contribution in [1.82, 2.24) is 0 Å². The van der Waals surface area contributed by atoms with Crippen LogP contribution in [0.5, 0.6) is 11.5 Å². The molecule has 108 valence electrons. The standard InChI is InChI=1S/C16H21NO2S/c1-10(2)6-11-12-7-13-14(19-5-3-4-18-13)8-15(12)20-16(11)9-17/h7-8,10H,3-6,9,17H2,1-2H3. The van der Waals surface area contributed by atoms with Gasteiger partial charge in [-0.15, -0.1) is 11.3 Å². The van der Waals surface area contributed by atoms with E-state index < -0.39 is 0 Å². The van der Waals surface area contributed by atoms with E-state index >= 15 is 0 Å². The number of hydrogen-bond donors (Lipinski definition) is 1. The van der Waals surface area contributed by atoms with E-state index in [-0.39, 0.29) is 0 Å². The molecule has 0 radical (unpaired) electrons. The third-order valence-electron chi connectivity index (χ3n) is 3.54. The van der Waals surface area contributed by atoms with Crippen LogP contribution in [-0.2, 0) is 13.0 Å². The summed E-state index contributed by atoms with van der Waals surface area (Å²) in [5.41, 5.74) is 7.30. The van der Waals surface area contributed by atoms with E-state index in [4.69, 9.17) is 15.2 Å². The monoisotopic (exact) mass is 291 g/mol. The molecular formula is C16H21NO2S. The van der Waals surface area contributed by atoms with Crippen LogP contribution < -0.4 is 15.2 Å². The van der Waals surface area contributed by atoms with E-state index in [1.54, 1.807) is 11.3 Å². The summed E-state index contributed by atoms with van der Waals surface area (Å²) in [6, 6.07) is 4.26. The van der Waals surface area contributed by atoms with Gasteiger partial charge in [-0.1, -0.05) is 13.8 Å². The lowest BCUT2D eigenvalue weighted by atomic mass is 9.99. The second-order valence-electron chi connectivity index (χ2n) is 5.65. The zero-order valence-corrected chi connectivity index (χ0v) is 12.9. The maximum Gasteiger partial charge on any atom is 0.162 e. The Morgan fingerprint density at radius 3 is 2.55 bits per heavy atom. The van der Waals surface area contributed by atoms with Gasteiger partial charge in [-0.3, -0.25) is 0 Å². The summed E-state index contributed by atoms with van der Waals surface area (Å²) in [7, 11) is 0. The van der Waals surface area contributed by atoms with Crippen LogP contribution >= 0.6 is 11.3 Å². The molecule has 2 aromatic rings. The highest BCUT2D eigenvalue weighted by Crippen LogP contribution is 2.41. The van der Waals surface area contributed by atoms with Crippen molar-refractivity contribution >= 4 is 21.4 Å². The number of rotatable bonds is 3. The average Bonchev–Trinajstić information content (AvgIpc) is 2.60. The van der Waals surface area contributed by atoms with E-state index in [0.717, 1.165) is 37.6 Å². The van der Waals surface area contributed by atoms with E-state index in [1.807, 2.05) is 0 Å². The molecule has 1 aromatic heterocycles. The van der Waals surface area contributed by atoms with Crippen molar-refractivity contribution in [2.45, 2.75) is 33.2 Å². The first kappa shape index (κ1) is 13.7. The predicted molar refractivity (Wildman–Crippen MR) is 83.9 cm³/mol. The fourth-order valence-electron chi connectivity index (χ4n) is 2.65. The van der Waals surface area contributed by atoms with Gasteiger partial charge in [0.25, 0.3) is 0 Å². The van der Waals surface area contributed by atoms with E-state index in [1.165, 1.54) is 20.5 Å². The molecule has 0 bridgehead atoms. The minimum Gasteiger partial charge on any atom is -0.490 e. The van der Waals surface area contributed by atoms with Gasteiger partial charge >= 0.3 is 0 Å². The minimum atomic E-state index is 0.605. The maximum atomic E-state index is 5.92. The van der Waals surface area contributed by atoms with Crippen LogP contribution in [0.25, 0.3) is 10.1 Å². The van der Waals surface area contributed by atoms with Gasteiger partial charge in [0.15, 0.2) is 11.5 Å². The highest BCUT2D eigenvalue weighted by atomic mass is 32.1. The molecule has 3 nitrogen and oxygen atoms in total. The molecule has 0 spiro atoms. The number of hydrogen-bond acceptors (Lipinski definition) is 4.